The van der Waals surface area contributed by atoms with Crippen LogP contribution in [0, 0.1) is 18.3 Å². The molecule has 6 heteroatoms. The Morgan fingerprint density at radius 3 is 2.69 bits per heavy atom. The van der Waals surface area contributed by atoms with Gasteiger partial charge in [0.2, 0.25) is 0 Å². The Morgan fingerprint density at radius 2 is 1.93 bits per heavy atom. The van der Waals surface area contributed by atoms with E-state index in [4.69, 9.17) is 4.98 Å². The number of rotatable bonds is 4. The monoisotopic (exact) mass is 381 g/mol. The van der Waals surface area contributed by atoms with Gasteiger partial charge < -0.3 is 5.32 Å². The van der Waals surface area contributed by atoms with Gasteiger partial charge in [0.1, 0.15) is 6.07 Å². The van der Waals surface area contributed by atoms with Gasteiger partial charge in [-0.3, -0.25) is 9.48 Å². The topological polar surface area (TPSA) is 83.6 Å². The number of nitrogens with one attached hydrogen (secondary N) is 1. The summed E-state index contributed by atoms with van der Waals surface area (Å²) in [5, 5.41) is 17.3. The van der Waals surface area contributed by atoms with E-state index in [0.29, 0.717) is 22.5 Å². The number of aryl methyl sites for hydroxylation is 1. The van der Waals surface area contributed by atoms with Crippen LogP contribution in [0.3, 0.4) is 0 Å². The summed E-state index contributed by atoms with van der Waals surface area (Å²) in [5.41, 5.74) is 4.71. The molecule has 1 N–H and O–H groups in total. The number of aromatic nitrogens is 3. The zero-order chi connectivity index (χ0) is 20.4. The Hall–Kier alpha value is -3.98. The number of fused-ring (bicyclic) bond motifs is 1. The standard InChI is InChI=1S/C23H19N5O/c1-3-28-15(2)19(14-25-28)22-12-18(17-9-5-7-11-21(17)26-22)23(29)27-20-10-6-4-8-16(20)13-24/h4-12,14H,3H2,1-2H3,(H,27,29). The van der Waals surface area contributed by atoms with E-state index in [-0.39, 0.29) is 5.91 Å². The van der Waals surface area contributed by atoms with Crippen molar-refractivity contribution in [2.75, 3.05) is 5.32 Å². The highest BCUT2D eigenvalue weighted by atomic mass is 16.1. The summed E-state index contributed by atoms with van der Waals surface area (Å²) in [6.07, 6.45) is 1.78. The molecule has 0 unspecified atom stereocenters. The number of hydrogen-bond donors (Lipinski definition) is 1. The average Bonchev–Trinajstić information content (AvgIpc) is 3.13. The molecule has 0 aliphatic carbocycles. The van der Waals surface area contributed by atoms with Gasteiger partial charge in [0.05, 0.1) is 34.2 Å². The van der Waals surface area contributed by atoms with E-state index in [9.17, 15) is 10.1 Å². The lowest BCUT2D eigenvalue weighted by molar-refractivity contribution is 0.102. The molecule has 0 fully saturated rings. The van der Waals surface area contributed by atoms with E-state index in [0.717, 1.165) is 28.7 Å². The minimum atomic E-state index is -0.284. The molecule has 0 aliphatic rings. The van der Waals surface area contributed by atoms with Crippen LogP contribution in [-0.2, 0) is 6.54 Å². The van der Waals surface area contributed by atoms with Crippen molar-refractivity contribution in [3.05, 3.63) is 77.6 Å². The fourth-order valence-electron chi connectivity index (χ4n) is 3.40. The zero-order valence-electron chi connectivity index (χ0n) is 16.2. The molecule has 0 spiro atoms. The summed E-state index contributed by atoms with van der Waals surface area (Å²) in [4.78, 5) is 17.9. The summed E-state index contributed by atoms with van der Waals surface area (Å²) in [5.74, 6) is -0.284. The summed E-state index contributed by atoms with van der Waals surface area (Å²) in [6.45, 7) is 4.78. The first-order valence-corrected chi connectivity index (χ1v) is 9.35. The number of hydrogen-bond acceptors (Lipinski definition) is 4. The molecular weight excluding hydrogens is 362 g/mol. The van der Waals surface area contributed by atoms with E-state index in [1.54, 1.807) is 36.5 Å². The summed E-state index contributed by atoms with van der Waals surface area (Å²) >= 11 is 0. The molecule has 0 atom stereocenters. The number of amides is 1. The molecule has 1 amide bonds. The molecule has 0 radical (unpaired) electrons. The Balaban J connectivity index is 1.84. The smallest absolute Gasteiger partial charge is 0.256 e. The molecular formula is C23H19N5O. The van der Waals surface area contributed by atoms with Crippen molar-refractivity contribution >= 4 is 22.5 Å². The maximum atomic E-state index is 13.2. The third-order valence-corrected chi connectivity index (χ3v) is 4.94. The van der Waals surface area contributed by atoms with Crippen LogP contribution < -0.4 is 5.32 Å². The predicted octanol–water partition coefficient (Wildman–Crippen LogP) is 4.55. The molecule has 4 aromatic rings. The van der Waals surface area contributed by atoms with Crippen molar-refractivity contribution in [1.29, 1.82) is 5.26 Å². The van der Waals surface area contributed by atoms with Crippen LogP contribution in [0.1, 0.15) is 28.5 Å². The van der Waals surface area contributed by atoms with Gasteiger partial charge in [-0.25, -0.2) is 4.98 Å². The second kappa shape index (κ2) is 7.56. The first-order chi connectivity index (χ1) is 14.1. The van der Waals surface area contributed by atoms with E-state index in [1.165, 1.54) is 0 Å². The van der Waals surface area contributed by atoms with Gasteiger partial charge >= 0.3 is 0 Å². The van der Waals surface area contributed by atoms with Crippen LogP contribution in [0.15, 0.2) is 60.8 Å². The lowest BCUT2D eigenvalue weighted by atomic mass is 10.0. The molecule has 29 heavy (non-hydrogen) atoms. The van der Waals surface area contributed by atoms with Crippen molar-refractivity contribution in [1.82, 2.24) is 14.8 Å². The first-order valence-electron chi connectivity index (χ1n) is 9.35. The van der Waals surface area contributed by atoms with E-state index >= 15 is 0 Å². The quantitative estimate of drug-likeness (QED) is 0.562. The second-order valence-electron chi connectivity index (χ2n) is 6.64. The molecule has 0 aliphatic heterocycles. The normalized spacial score (nSPS) is 10.7. The number of nitrogens with zero attached hydrogens (tertiary/aromatic N) is 4. The Bertz CT molecular complexity index is 1270. The summed E-state index contributed by atoms with van der Waals surface area (Å²) in [7, 11) is 0. The van der Waals surface area contributed by atoms with Gasteiger partial charge in [-0.15, -0.1) is 0 Å². The maximum Gasteiger partial charge on any atom is 0.256 e. The molecule has 2 heterocycles. The summed E-state index contributed by atoms with van der Waals surface area (Å²) < 4.78 is 1.90. The largest absolute Gasteiger partial charge is 0.321 e. The Kier molecular flexibility index (Phi) is 4.80. The van der Waals surface area contributed by atoms with E-state index in [2.05, 4.69) is 16.5 Å². The van der Waals surface area contributed by atoms with Crippen LogP contribution in [-0.4, -0.2) is 20.7 Å². The SMILES string of the molecule is CCn1ncc(-c2cc(C(=O)Nc3ccccc3C#N)c3ccccc3n2)c1C. The molecule has 2 aromatic heterocycles. The Labute approximate surface area is 168 Å². The maximum absolute atomic E-state index is 13.2. The van der Waals surface area contributed by atoms with Crippen LogP contribution in [0.5, 0.6) is 0 Å². The van der Waals surface area contributed by atoms with Gasteiger partial charge in [-0.05, 0) is 38.1 Å². The minimum absolute atomic E-state index is 0.284. The van der Waals surface area contributed by atoms with Gasteiger partial charge in [-0.2, -0.15) is 10.4 Å². The number of benzene rings is 2. The van der Waals surface area contributed by atoms with Crippen molar-refractivity contribution < 1.29 is 4.79 Å². The molecule has 142 valence electrons. The highest BCUT2D eigenvalue weighted by Gasteiger charge is 2.17. The zero-order valence-corrected chi connectivity index (χ0v) is 16.2. The van der Waals surface area contributed by atoms with Gasteiger partial charge in [-0.1, -0.05) is 30.3 Å². The molecule has 4 rings (SSSR count). The third-order valence-electron chi connectivity index (χ3n) is 4.94. The van der Waals surface area contributed by atoms with Crippen LogP contribution >= 0.6 is 0 Å². The molecule has 2 aromatic carbocycles. The van der Waals surface area contributed by atoms with Crippen molar-refractivity contribution in [3.63, 3.8) is 0 Å². The summed E-state index contributed by atoms with van der Waals surface area (Å²) in [6, 6.07) is 18.4. The van der Waals surface area contributed by atoms with Crippen LogP contribution in [0.2, 0.25) is 0 Å². The first kappa shape index (κ1) is 18.4. The highest BCUT2D eigenvalue weighted by molar-refractivity contribution is 6.13. The van der Waals surface area contributed by atoms with Crippen molar-refractivity contribution in [3.8, 4) is 17.3 Å². The number of pyridine rings is 1. The number of carbonyl (C=O) groups excluding carboxylic acids is 1. The second-order valence-corrected chi connectivity index (χ2v) is 6.64. The molecule has 0 saturated heterocycles. The van der Waals surface area contributed by atoms with Gasteiger partial charge in [0.25, 0.3) is 5.91 Å². The van der Waals surface area contributed by atoms with E-state index in [1.807, 2.05) is 42.8 Å². The van der Waals surface area contributed by atoms with E-state index < -0.39 is 0 Å². The van der Waals surface area contributed by atoms with Crippen LogP contribution in [0.25, 0.3) is 22.2 Å². The number of carbonyl (C=O) groups is 1. The minimum Gasteiger partial charge on any atom is -0.321 e. The van der Waals surface area contributed by atoms with Crippen molar-refractivity contribution in [2.24, 2.45) is 0 Å². The molecule has 0 bridgehead atoms. The van der Waals surface area contributed by atoms with Gasteiger partial charge in [0.15, 0.2) is 0 Å². The molecule has 6 nitrogen and oxygen atoms in total. The highest BCUT2D eigenvalue weighted by Crippen LogP contribution is 2.28. The van der Waals surface area contributed by atoms with Crippen LogP contribution in [0.4, 0.5) is 5.69 Å². The lowest BCUT2D eigenvalue weighted by Crippen LogP contribution is -2.14. The number of anilines is 1. The van der Waals surface area contributed by atoms with Gasteiger partial charge in [0, 0.05) is 23.2 Å². The Morgan fingerprint density at radius 1 is 1.17 bits per heavy atom. The molecule has 0 saturated carbocycles. The average molecular weight is 381 g/mol. The fraction of sp³-hybridized carbons (Fsp3) is 0.130. The predicted molar refractivity (Wildman–Crippen MR) is 112 cm³/mol. The number of para-hydroxylation sites is 2. The third kappa shape index (κ3) is 3.34. The lowest BCUT2D eigenvalue weighted by Gasteiger charge is -2.11. The van der Waals surface area contributed by atoms with Crippen molar-refractivity contribution in [2.45, 2.75) is 20.4 Å². The number of nitriles is 1. The fourth-order valence-corrected chi connectivity index (χ4v) is 3.40.